The largest absolute Gasteiger partial charge is 0.385 e. The van der Waals surface area contributed by atoms with Crippen LogP contribution < -0.4 is 0 Å². The van der Waals surface area contributed by atoms with Crippen LogP contribution in [0.15, 0.2) is 0 Å². The SMILES string of the molecule is N#CCC1(O)CN(C(=O)[C@@H]2CCN(C3CCCCC3)C2)C1. The fraction of sp³-hybridized carbons (Fsp3) is 0.875. The molecule has 3 rings (SSSR count). The van der Waals surface area contributed by atoms with Gasteiger partial charge in [-0.05, 0) is 25.8 Å². The van der Waals surface area contributed by atoms with Gasteiger partial charge in [-0.3, -0.25) is 9.69 Å². The Morgan fingerprint density at radius 1 is 1.24 bits per heavy atom. The number of likely N-dealkylation sites (tertiary alicyclic amines) is 2. The van der Waals surface area contributed by atoms with E-state index < -0.39 is 5.60 Å². The normalized spacial score (nSPS) is 29.9. The van der Waals surface area contributed by atoms with Crippen molar-refractivity contribution in [2.24, 2.45) is 5.92 Å². The van der Waals surface area contributed by atoms with Crippen LogP contribution in [0, 0.1) is 17.2 Å². The first-order chi connectivity index (χ1) is 10.1. The lowest BCUT2D eigenvalue weighted by Crippen LogP contribution is -2.64. The second-order valence-corrected chi connectivity index (χ2v) is 7.03. The van der Waals surface area contributed by atoms with Gasteiger partial charge in [0.15, 0.2) is 0 Å². The highest BCUT2D eigenvalue weighted by Gasteiger charge is 2.46. The number of aliphatic hydroxyl groups is 1. The molecule has 2 heterocycles. The molecule has 1 atom stereocenters. The fourth-order valence-electron chi connectivity index (χ4n) is 4.10. The Kier molecular flexibility index (Phi) is 4.19. The van der Waals surface area contributed by atoms with Crippen LogP contribution >= 0.6 is 0 Å². The Labute approximate surface area is 126 Å². The van der Waals surface area contributed by atoms with E-state index >= 15 is 0 Å². The highest BCUT2D eigenvalue weighted by atomic mass is 16.3. The molecule has 0 aromatic heterocycles. The second-order valence-electron chi connectivity index (χ2n) is 7.03. The molecule has 3 aliphatic rings. The van der Waals surface area contributed by atoms with E-state index in [9.17, 15) is 9.90 Å². The average molecular weight is 291 g/mol. The molecule has 3 fully saturated rings. The van der Waals surface area contributed by atoms with Crippen LogP contribution in [0.2, 0.25) is 0 Å². The molecular formula is C16H25N3O2. The van der Waals surface area contributed by atoms with Gasteiger partial charge in [-0.15, -0.1) is 0 Å². The quantitative estimate of drug-likeness (QED) is 0.846. The van der Waals surface area contributed by atoms with Gasteiger partial charge >= 0.3 is 0 Å². The Morgan fingerprint density at radius 3 is 2.62 bits per heavy atom. The number of hydrogen-bond donors (Lipinski definition) is 1. The molecule has 5 nitrogen and oxygen atoms in total. The molecule has 1 N–H and O–H groups in total. The Bertz CT molecular complexity index is 433. The van der Waals surface area contributed by atoms with Crippen molar-refractivity contribution in [2.45, 2.75) is 56.6 Å². The van der Waals surface area contributed by atoms with Crippen molar-refractivity contribution in [2.75, 3.05) is 26.2 Å². The van der Waals surface area contributed by atoms with Crippen molar-refractivity contribution in [3.63, 3.8) is 0 Å². The molecule has 0 spiro atoms. The molecule has 0 unspecified atom stereocenters. The molecule has 2 saturated heterocycles. The van der Waals surface area contributed by atoms with Gasteiger partial charge in [0, 0.05) is 12.6 Å². The number of nitriles is 1. The minimum Gasteiger partial charge on any atom is -0.385 e. The molecule has 5 heteroatoms. The fourth-order valence-corrected chi connectivity index (χ4v) is 4.10. The first-order valence-corrected chi connectivity index (χ1v) is 8.23. The monoisotopic (exact) mass is 291 g/mol. The van der Waals surface area contributed by atoms with Gasteiger partial charge in [0.2, 0.25) is 5.91 Å². The summed E-state index contributed by atoms with van der Waals surface area (Å²) < 4.78 is 0. The molecule has 1 aliphatic carbocycles. The number of hydrogen-bond acceptors (Lipinski definition) is 4. The first-order valence-electron chi connectivity index (χ1n) is 8.23. The summed E-state index contributed by atoms with van der Waals surface area (Å²) in [6, 6.07) is 2.68. The molecule has 21 heavy (non-hydrogen) atoms. The molecule has 1 saturated carbocycles. The summed E-state index contributed by atoms with van der Waals surface area (Å²) in [6.45, 7) is 2.59. The third kappa shape index (κ3) is 3.07. The lowest BCUT2D eigenvalue weighted by atomic mass is 9.89. The summed E-state index contributed by atoms with van der Waals surface area (Å²) >= 11 is 0. The van der Waals surface area contributed by atoms with Crippen molar-refractivity contribution in [3.05, 3.63) is 0 Å². The standard InChI is InChI=1S/C16H25N3O2/c17-8-7-16(21)11-19(12-16)15(20)13-6-9-18(10-13)14-4-2-1-3-5-14/h13-14,21H,1-7,9-12H2/t13-/m1/s1. The van der Waals surface area contributed by atoms with Gasteiger partial charge in [0.1, 0.15) is 5.60 Å². The van der Waals surface area contributed by atoms with Gasteiger partial charge in [0.05, 0.1) is 31.5 Å². The van der Waals surface area contributed by atoms with Crippen LogP contribution in [0.1, 0.15) is 44.9 Å². The van der Waals surface area contributed by atoms with Crippen LogP contribution in [-0.4, -0.2) is 58.6 Å². The molecule has 2 aliphatic heterocycles. The predicted octanol–water partition coefficient (Wildman–Crippen LogP) is 1.13. The maximum Gasteiger partial charge on any atom is 0.227 e. The molecule has 116 valence electrons. The van der Waals surface area contributed by atoms with Gasteiger partial charge in [-0.2, -0.15) is 5.26 Å². The molecule has 0 bridgehead atoms. The highest BCUT2D eigenvalue weighted by molar-refractivity contribution is 5.80. The molecule has 1 amide bonds. The Hall–Kier alpha value is -1.12. The van der Waals surface area contributed by atoms with Crippen molar-refractivity contribution in [3.8, 4) is 6.07 Å². The molecule has 0 aromatic carbocycles. The minimum atomic E-state index is -0.952. The maximum absolute atomic E-state index is 12.5. The molecule has 0 aromatic rings. The zero-order valence-corrected chi connectivity index (χ0v) is 12.6. The van der Waals surface area contributed by atoms with Crippen molar-refractivity contribution in [1.29, 1.82) is 5.26 Å². The summed E-state index contributed by atoms with van der Waals surface area (Å²) in [6.07, 6.45) is 7.65. The van der Waals surface area contributed by atoms with E-state index in [1.807, 2.05) is 6.07 Å². The lowest BCUT2D eigenvalue weighted by molar-refractivity contribution is -0.158. The molecular weight excluding hydrogens is 266 g/mol. The minimum absolute atomic E-state index is 0.0959. The van der Waals surface area contributed by atoms with Gasteiger partial charge in [0.25, 0.3) is 0 Å². The third-order valence-corrected chi connectivity index (χ3v) is 5.35. The number of carbonyl (C=O) groups excluding carboxylic acids is 1. The number of β-amino-alcohol motifs (C(OH)–C–C–N with tert-alkyl or cyclic N) is 1. The zero-order chi connectivity index (χ0) is 14.9. The van der Waals surface area contributed by atoms with Crippen molar-refractivity contribution in [1.82, 2.24) is 9.80 Å². The predicted molar refractivity (Wildman–Crippen MR) is 78.3 cm³/mol. The van der Waals surface area contributed by atoms with Gasteiger partial charge in [-0.1, -0.05) is 19.3 Å². The van der Waals surface area contributed by atoms with E-state index in [4.69, 9.17) is 5.26 Å². The van der Waals surface area contributed by atoms with E-state index in [1.54, 1.807) is 4.90 Å². The van der Waals surface area contributed by atoms with Crippen molar-refractivity contribution >= 4 is 5.91 Å². The van der Waals surface area contributed by atoms with Crippen LogP contribution in [0.5, 0.6) is 0 Å². The molecule has 0 radical (unpaired) electrons. The van der Waals surface area contributed by atoms with Crippen LogP contribution in [-0.2, 0) is 4.79 Å². The van der Waals surface area contributed by atoms with E-state index in [2.05, 4.69) is 4.90 Å². The number of rotatable bonds is 3. The summed E-state index contributed by atoms with van der Waals surface area (Å²) in [5.41, 5.74) is -0.952. The summed E-state index contributed by atoms with van der Waals surface area (Å²) in [5, 5.41) is 18.7. The van der Waals surface area contributed by atoms with Crippen LogP contribution in [0.3, 0.4) is 0 Å². The third-order valence-electron chi connectivity index (χ3n) is 5.35. The van der Waals surface area contributed by atoms with E-state index in [0.29, 0.717) is 19.1 Å². The van der Waals surface area contributed by atoms with Gasteiger partial charge < -0.3 is 10.0 Å². The first kappa shape index (κ1) is 14.8. The number of nitrogens with zero attached hydrogens (tertiary/aromatic N) is 3. The van der Waals surface area contributed by atoms with Gasteiger partial charge in [-0.25, -0.2) is 0 Å². The van der Waals surface area contributed by atoms with E-state index in [1.165, 1.54) is 32.1 Å². The van der Waals surface area contributed by atoms with Crippen LogP contribution in [0.25, 0.3) is 0 Å². The second kappa shape index (κ2) is 5.94. The maximum atomic E-state index is 12.5. The summed E-state index contributed by atoms with van der Waals surface area (Å²) in [7, 11) is 0. The Morgan fingerprint density at radius 2 is 1.95 bits per heavy atom. The average Bonchev–Trinajstić information content (AvgIpc) is 2.95. The Balaban J connectivity index is 1.48. The number of carbonyl (C=O) groups is 1. The summed E-state index contributed by atoms with van der Waals surface area (Å²) in [4.78, 5) is 16.7. The lowest BCUT2D eigenvalue weighted by Gasteiger charge is -2.46. The summed E-state index contributed by atoms with van der Waals surface area (Å²) in [5.74, 6) is 0.273. The smallest absolute Gasteiger partial charge is 0.227 e. The van der Waals surface area contributed by atoms with Crippen molar-refractivity contribution < 1.29 is 9.90 Å². The zero-order valence-electron chi connectivity index (χ0n) is 12.6. The topological polar surface area (TPSA) is 67.6 Å². The number of amides is 1. The van der Waals surface area contributed by atoms with Crippen LogP contribution in [0.4, 0.5) is 0 Å². The highest BCUT2D eigenvalue weighted by Crippen LogP contribution is 2.31. The van der Waals surface area contributed by atoms with E-state index in [0.717, 1.165) is 19.5 Å². The van der Waals surface area contributed by atoms with E-state index in [-0.39, 0.29) is 18.2 Å².